The maximum Gasteiger partial charge on any atom is 0.137 e. The lowest BCUT2D eigenvalue weighted by Gasteiger charge is -2.08. The van der Waals surface area contributed by atoms with Crippen molar-refractivity contribution in [3.8, 4) is 0 Å². The summed E-state index contributed by atoms with van der Waals surface area (Å²) in [5, 5.41) is 4.53. The molecular weight excluding hydrogens is 229 g/mol. The zero-order chi connectivity index (χ0) is 11.4. The summed E-state index contributed by atoms with van der Waals surface area (Å²) in [4.78, 5) is 3.80. The second kappa shape index (κ2) is 5.07. The Bertz CT molecular complexity index is 427. The lowest BCUT2D eigenvalue weighted by Crippen LogP contribution is -2.02. The lowest BCUT2D eigenvalue weighted by molar-refractivity contribution is 0.303. The Kier molecular flexibility index (Phi) is 3.51. The maximum atomic E-state index is 13.8. The molecule has 1 unspecified atom stereocenters. The molecule has 2 rings (SSSR count). The van der Waals surface area contributed by atoms with Gasteiger partial charge in [0.05, 0.1) is 0 Å². The predicted octanol–water partition coefficient (Wildman–Crippen LogP) is 3.03. The number of nitrogens with zero attached hydrogens (tertiary/aromatic N) is 3. The van der Waals surface area contributed by atoms with E-state index in [-0.39, 0.29) is 0 Å². The summed E-state index contributed by atoms with van der Waals surface area (Å²) in [5.74, 6) is 0. The van der Waals surface area contributed by atoms with Crippen LogP contribution in [0.15, 0.2) is 36.9 Å². The first-order valence-electron chi connectivity index (χ1n) is 4.97. The van der Waals surface area contributed by atoms with Gasteiger partial charge in [-0.05, 0) is 17.7 Å². The molecule has 0 spiro atoms. The topological polar surface area (TPSA) is 30.7 Å². The van der Waals surface area contributed by atoms with Gasteiger partial charge in [0.15, 0.2) is 0 Å². The molecule has 1 aromatic carbocycles. The summed E-state index contributed by atoms with van der Waals surface area (Å²) in [6.45, 7) is 0.518. The molecule has 5 heteroatoms. The molecule has 1 atom stereocenters. The molecule has 0 N–H and O–H groups in total. The molecule has 84 valence electrons. The van der Waals surface area contributed by atoms with Crippen LogP contribution in [0, 0.1) is 0 Å². The molecule has 0 amide bonds. The Morgan fingerprint density at radius 2 is 2.06 bits per heavy atom. The van der Waals surface area contributed by atoms with Crippen LogP contribution in [-0.4, -0.2) is 14.8 Å². The fraction of sp³-hybridized carbons (Fsp3) is 0.273. The van der Waals surface area contributed by atoms with Gasteiger partial charge < -0.3 is 0 Å². The molecule has 0 bridgehead atoms. The van der Waals surface area contributed by atoms with E-state index in [0.717, 1.165) is 0 Å². The monoisotopic (exact) mass is 239 g/mol. The van der Waals surface area contributed by atoms with Crippen LogP contribution in [0.25, 0.3) is 0 Å². The number of aromatic nitrogens is 3. The Labute approximate surface area is 97.9 Å². The highest BCUT2D eigenvalue weighted by molar-refractivity contribution is 6.30. The first-order chi connectivity index (χ1) is 7.75. The number of rotatable bonds is 4. The SMILES string of the molecule is FC(CCn1cncn1)c1ccc(Cl)cc1. The fourth-order valence-electron chi connectivity index (χ4n) is 1.43. The highest BCUT2D eigenvalue weighted by Crippen LogP contribution is 2.23. The van der Waals surface area contributed by atoms with Crippen LogP contribution in [0.3, 0.4) is 0 Å². The van der Waals surface area contributed by atoms with E-state index in [0.29, 0.717) is 23.6 Å². The summed E-state index contributed by atoms with van der Waals surface area (Å²) in [7, 11) is 0. The molecule has 0 fully saturated rings. The minimum absolute atomic E-state index is 0.380. The van der Waals surface area contributed by atoms with E-state index in [9.17, 15) is 4.39 Å². The number of aryl methyl sites for hydroxylation is 1. The van der Waals surface area contributed by atoms with Crippen molar-refractivity contribution in [2.45, 2.75) is 19.1 Å². The third-order valence-corrected chi connectivity index (χ3v) is 2.56. The van der Waals surface area contributed by atoms with Crippen LogP contribution in [0.5, 0.6) is 0 Å². The molecule has 1 heterocycles. The van der Waals surface area contributed by atoms with E-state index in [2.05, 4.69) is 10.1 Å². The third kappa shape index (κ3) is 2.79. The van der Waals surface area contributed by atoms with E-state index >= 15 is 0 Å². The van der Waals surface area contributed by atoms with E-state index in [1.54, 1.807) is 35.3 Å². The number of benzene rings is 1. The highest BCUT2D eigenvalue weighted by Gasteiger charge is 2.09. The van der Waals surface area contributed by atoms with Gasteiger partial charge in [-0.3, -0.25) is 4.68 Å². The number of hydrogen-bond acceptors (Lipinski definition) is 2. The number of alkyl halides is 1. The molecule has 3 nitrogen and oxygen atoms in total. The number of halogens is 2. The molecular formula is C11H11ClFN3. The van der Waals surface area contributed by atoms with Crippen LogP contribution in [0.4, 0.5) is 4.39 Å². The van der Waals surface area contributed by atoms with Crippen molar-refractivity contribution in [2.24, 2.45) is 0 Å². The molecule has 1 aromatic heterocycles. The average Bonchev–Trinajstić information content (AvgIpc) is 2.80. The fourth-order valence-corrected chi connectivity index (χ4v) is 1.56. The molecule has 0 aliphatic heterocycles. The predicted molar refractivity (Wildman–Crippen MR) is 59.9 cm³/mol. The summed E-state index contributed by atoms with van der Waals surface area (Å²) in [6, 6.07) is 6.79. The van der Waals surface area contributed by atoms with Crippen LogP contribution in [0.2, 0.25) is 5.02 Å². The van der Waals surface area contributed by atoms with E-state index in [4.69, 9.17) is 11.6 Å². The Morgan fingerprint density at radius 1 is 1.31 bits per heavy atom. The van der Waals surface area contributed by atoms with Gasteiger partial charge in [0.2, 0.25) is 0 Å². The largest absolute Gasteiger partial charge is 0.253 e. The first-order valence-corrected chi connectivity index (χ1v) is 5.35. The van der Waals surface area contributed by atoms with Crippen LogP contribution < -0.4 is 0 Å². The van der Waals surface area contributed by atoms with Crippen molar-refractivity contribution in [2.75, 3.05) is 0 Å². The van der Waals surface area contributed by atoms with Gasteiger partial charge in [0, 0.05) is 18.0 Å². The van der Waals surface area contributed by atoms with E-state index < -0.39 is 6.17 Å². The Morgan fingerprint density at radius 3 is 2.69 bits per heavy atom. The standard InChI is InChI=1S/C11H11ClFN3/c12-10-3-1-9(2-4-10)11(13)5-6-16-8-14-7-15-16/h1-4,7-8,11H,5-6H2. The highest BCUT2D eigenvalue weighted by atomic mass is 35.5. The van der Waals surface area contributed by atoms with Crippen molar-refractivity contribution in [1.29, 1.82) is 0 Å². The molecule has 0 aliphatic carbocycles. The van der Waals surface area contributed by atoms with Gasteiger partial charge in [-0.15, -0.1) is 0 Å². The summed E-state index contributed by atoms with van der Waals surface area (Å²) < 4.78 is 15.4. The van der Waals surface area contributed by atoms with Crippen LogP contribution in [-0.2, 0) is 6.54 Å². The second-order valence-electron chi connectivity index (χ2n) is 3.47. The van der Waals surface area contributed by atoms with Gasteiger partial charge in [-0.1, -0.05) is 23.7 Å². The Hall–Kier alpha value is -1.42. The molecule has 0 saturated carbocycles. The smallest absolute Gasteiger partial charge is 0.137 e. The van der Waals surface area contributed by atoms with Crippen LogP contribution in [0.1, 0.15) is 18.2 Å². The minimum atomic E-state index is -0.999. The molecule has 2 aromatic rings. The van der Waals surface area contributed by atoms with Crippen LogP contribution >= 0.6 is 11.6 Å². The Balaban J connectivity index is 1.93. The van der Waals surface area contributed by atoms with Gasteiger partial charge in [-0.2, -0.15) is 5.10 Å². The van der Waals surface area contributed by atoms with Crippen molar-refractivity contribution < 1.29 is 4.39 Å². The van der Waals surface area contributed by atoms with Gasteiger partial charge in [0.1, 0.15) is 18.8 Å². The molecule has 0 saturated heterocycles. The first kappa shape index (κ1) is 11.1. The molecule has 16 heavy (non-hydrogen) atoms. The van der Waals surface area contributed by atoms with Crippen molar-refractivity contribution in [3.05, 3.63) is 47.5 Å². The van der Waals surface area contributed by atoms with E-state index in [1.165, 1.54) is 6.33 Å². The number of hydrogen-bond donors (Lipinski definition) is 0. The average molecular weight is 240 g/mol. The second-order valence-corrected chi connectivity index (χ2v) is 3.90. The third-order valence-electron chi connectivity index (χ3n) is 2.31. The zero-order valence-corrected chi connectivity index (χ0v) is 9.31. The van der Waals surface area contributed by atoms with E-state index in [1.807, 2.05) is 0 Å². The van der Waals surface area contributed by atoms with Gasteiger partial charge in [-0.25, -0.2) is 9.37 Å². The quantitative estimate of drug-likeness (QED) is 0.821. The molecule has 0 radical (unpaired) electrons. The van der Waals surface area contributed by atoms with Gasteiger partial charge in [0.25, 0.3) is 0 Å². The lowest BCUT2D eigenvalue weighted by atomic mass is 10.1. The van der Waals surface area contributed by atoms with Gasteiger partial charge >= 0.3 is 0 Å². The minimum Gasteiger partial charge on any atom is -0.253 e. The maximum absolute atomic E-state index is 13.8. The normalized spacial score (nSPS) is 12.6. The van der Waals surface area contributed by atoms with Crippen molar-refractivity contribution >= 4 is 11.6 Å². The summed E-state index contributed by atoms with van der Waals surface area (Å²) >= 11 is 5.73. The summed E-state index contributed by atoms with van der Waals surface area (Å²) in [5.41, 5.74) is 0.643. The van der Waals surface area contributed by atoms with Crippen molar-refractivity contribution in [1.82, 2.24) is 14.8 Å². The van der Waals surface area contributed by atoms with Crippen molar-refractivity contribution in [3.63, 3.8) is 0 Å². The zero-order valence-electron chi connectivity index (χ0n) is 8.55. The molecule has 0 aliphatic rings. The summed E-state index contributed by atoms with van der Waals surface area (Å²) in [6.07, 6.45) is 2.40.